The highest BCUT2D eigenvalue weighted by Crippen LogP contribution is 2.24. The van der Waals surface area contributed by atoms with Gasteiger partial charge in [0.05, 0.1) is 12.1 Å². The van der Waals surface area contributed by atoms with Crippen molar-refractivity contribution >= 4 is 17.2 Å². The van der Waals surface area contributed by atoms with Gasteiger partial charge in [0.1, 0.15) is 0 Å². The fourth-order valence-electron chi connectivity index (χ4n) is 1.26. The van der Waals surface area contributed by atoms with Gasteiger partial charge in [0, 0.05) is 16.6 Å². The summed E-state index contributed by atoms with van der Waals surface area (Å²) in [5.74, 6) is -0.867. The van der Waals surface area contributed by atoms with Gasteiger partial charge in [0.2, 0.25) is 0 Å². The maximum absolute atomic E-state index is 11.7. The number of carbonyl (C=O) groups excluding carboxylic acids is 1. The third kappa shape index (κ3) is 2.73. The molecule has 5 nitrogen and oxygen atoms in total. The summed E-state index contributed by atoms with van der Waals surface area (Å²) in [4.78, 5) is 16.5. The molecule has 2 aromatic rings. The topological polar surface area (TPSA) is 82.5 Å². The number of hydrogen-bond donors (Lipinski definition) is 3. The molecule has 0 radical (unpaired) electrons. The number of aromatic hydroxyl groups is 2. The van der Waals surface area contributed by atoms with E-state index < -0.39 is 0 Å². The maximum Gasteiger partial charge on any atom is 0.251 e. The number of hydrogen-bond acceptors (Lipinski definition) is 5. The molecule has 0 aliphatic rings. The second-order valence-corrected chi connectivity index (χ2v) is 4.32. The fraction of sp³-hybridized carbons (Fsp3) is 0.0909. The lowest BCUT2D eigenvalue weighted by Crippen LogP contribution is -2.22. The zero-order valence-corrected chi connectivity index (χ0v) is 9.57. The van der Waals surface area contributed by atoms with Crippen molar-refractivity contribution in [1.82, 2.24) is 10.3 Å². The van der Waals surface area contributed by atoms with E-state index in [4.69, 9.17) is 5.11 Å². The first kappa shape index (κ1) is 11.4. The summed E-state index contributed by atoms with van der Waals surface area (Å²) in [6.45, 7) is 0.394. The van der Waals surface area contributed by atoms with Crippen molar-refractivity contribution in [2.45, 2.75) is 6.54 Å². The molecule has 0 aliphatic heterocycles. The molecule has 6 heteroatoms. The largest absolute Gasteiger partial charge is 0.504 e. The van der Waals surface area contributed by atoms with Gasteiger partial charge in [-0.05, 0) is 18.2 Å². The van der Waals surface area contributed by atoms with Crippen molar-refractivity contribution in [3.63, 3.8) is 0 Å². The Labute approximate surface area is 101 Å². The van der Waals surface area contributed by atoms with Crippen LogP contribution in [0.2, 0.25) is 0 Å². The summed E-state index contributed by atoms with van der Waals surface area (Å²) < 4.78 is 0. The number of amides is 1. The Balaban J connectivity index is 2.02. The summed E-state index contributed by atoms with van der Waals surface area (Å²) in [6, 6.07) is 3.94. The number of rotatable bonds is 3. The Morgan fingerprint density at radius 2 is 2.18 bits per heavy atom. The third-order valence-electron chi connectivity index (χ3n) is 2.14. The highest BCUT2D eigenvalue weighted by atomic mass is 32.1. The lowest BCUT2D eigenvalue weighted by atomic mass is 10.2. The van der Waals surface area contributed by atoms with E-state index in [1.807, 2.05) is 0 Å². The van der Waals surface area contributed by atoms with Crippen LogP contribution in [0.5, 0.6) is 11.5 Å². The molecule has 0 saturated carbocycles. The molecule has 0 bridgehead atoms. The molecule has 1 aromatic carbocycles. The quantitative estimate of drug-likeness (QED) is 0.721. The van der Waals surface area contributed by atoms with Crippen molar-refractivity contribution < 1.29 is 15.0 Å². The highest BCUT2D eigenvalue weighted by molar-refractivity contribution is 7.09. The van der Waals surface area contributed by atoms with Crippen LogP contribution >= 0.6 is 11.3 Å². The minimum atomic E-state index is -0.311. The Morgan fingerprint density at radius 3 is 2.82 bits per heavy atom. The van der Waals surface area contributed by atoms with Gasteiger partial charge in [-0.3, -0.25) is 9.78 Å². The van der Waals surface area contributed by atoms with Crippen LogP contribution in [-0.2, 0) is 6.54 Å². The Hall–Kier alpha value is -2.08. The van der Waals surface area contributed by atoms with Gasteiger partial charge in [0.15, 0.2) is 11.5 Å². The fourth-order valence-corrected chi connectivity index (χ4v) is 1.80. The van der Waals surface area contributed by atoms with Crippen LogP contribution in [-0.4, -0.2) is 21.1 Å². The molecular weight excluding hydrogens is 240 g/mol. The highest BCUT2D eigenvalue weighted by Gasteiger charge is 2.08. The molecule has 0 aliphatic carbocycles. The van der Waals surface area contributed by atoms with Crippen LogP contribution < -0.4 is 5.32 Å². The molecule has 0 unspecified atom stereocenters. The van der Waals surface area contributed by atoms with Crippen LogP contribution in [0.15, 0.2) is 29.9 Å². The van der Waals surface area contributed by atoms with Crippen LogP contribution in [0.1, 0.15) is 15.2 Å². The number of carbonyl (C=O) groups is 1. The summed E-state index contributed by atoms with van der Waals surface area (Å²) in [5.41, 5.74) is 1.98. The number of aromatic nitrogens is 1. The lowest BCUT2D eigenvalue weighted by molar-refractivity contribution is 0.0951. The second kappa shape index (κ2) is 4.84. The lowest BCUT2D eigenvalue weighted by Gasteiger charge is -2.04. The van der Waals surface area contributed by atoms with Gasteiger partial charge in [-0.2, -0.15) is 0 Å². The van der Waals surface area contributed by atoms with Crippen molar-refractivity contribution in [2.24, 2.45) is 0 Å². The van der Waals surface area contributed by atoms with E-state index in [9.17, 15) is 9.90 Å². The van der Waals surface area contributed by atoms with E-state index in [0.29, 0.717) is 12.1 Å². The smallest absolute Gasteiger partial charge is 0.251 e. The Morgan fingerprint density at radius 1 is 1.35 bits per heavy atom. The Bertz CT molecular complexity index is 526. The molecule has 0 spiro atoms. The number of phenols is 2. The zero-order valence-electron chi connectivity index (χ0n) is 8.75. The minimum absolute atomic E-state index is 0.246. The Kier molecular flexibility index (Phi) is 3.24. The van der Waals surface area contributed by atoms with Crippen LogP contribution in [0.4, 0.5) is 0 Å². The summed E-state index contributed by atoms with van der Waals surface area (Å²) in [6.07, 6.45) is 1.68. The van der Waals surface area contributed by atoms with Crippen molar-refractivity contribution in [3.05, 3.63) is 40.3 Å². The normalized spacial score (nSPS) is 10.1. The first-order valence-corrected chi connectivity index (χ1v) is 5.72. The molecule has 0 atom stereocenters. The monoisotopic (exact) mass is 250 g/mol. The second-order valence-electron chi connectivity index (χ2n) is 3.35. The van der Waals surface area contributed by atoms with Crippen LogP contribution in [0.3, 0.4) is 0 Å². The first-order chi connectivity index (χ1) is 8.16. The van der Waals surface area contributed by atoms with Crippen molar-refractivity contribution in [1.29, 1.82) is 0 Å². The molecular formula is C11H10N2O3S. The number of thiazole rings is 1. The molecule has 1 heterocycles. The summed E-state index contributed by atoms with van der Waals surface area (Å²) in [5, 5.41) is 21.1. The van der Waals surface area contributed by atoms with Gasteiger partial charge in [-0.15, -0.1) is 11.3 Å². The summed E-state index contributed by atoms with van der Waals surface area (Å²) >= 11 is 1.45. The molecule has 17 heavy (non-hydrogen) atoms. The number of nitrogens with one attached hydrogen (secondary N) is 1. The molecule has 1 amide bonds. The first-order valence-electron chi connectivity index (χ1n) is 4.84. The molecule has 3 N–H and O–H groups in total. The standard InChI is InChI=1S/C11H10N2O3S/c14-9-2-1-7(3-10(9)15)11(16)13-5-8-4-12-6-17-8/h1-4,6,14-15H,5H2,(H,13,16). The molecule has 0 fully saturated rings. The third-order valence-corrected chi connectivity index (χ3v) is 2.92. The number of phenolic OH excluding ortho intramolecular Hbond substituents is 2. The van der Waals surface area contributed by atoms with E-state index in [1.54, 1.807) is 11.7 Å². The van der Waals surface area contributed by atoms with Crippen molar-refractivity contribution in [3.8, 4) is 11.5 Å². The molecule has 0 saturated heterocycles. The molecule has 88 valence electrons. The van der Waals surface area contributed by atoms with Gasteiger partial charge in [-0.25, -0.2) is 0 Å². The minimum Gasteiger partial charge on any atom is -0.504 e. The zero-order chi connectivity index (χ0) is 12.3. The predicted octanol–water partition coefficient (Wildman–Crippen LogP) is 1.48. The van der Waals surface area contributed by atoms with E-state index >= 15 is 0 Å². The van der Waals surface area contributed by atoms with Crippen LogP contribution in [0, 0.1) is 0 Å². The van der Waals surface area contributed by atoms with Gasteiger partial charge in [0.25, 0.3) is 5.91 Å². The van der Waals surface area contributed by atoms with E-state index in [0.717, 1.165) is 4.88 Å². The average molecular weight is 250 g/mol. The predicted molar refractivity (Wildman–Crippen MR) is 63.1 cm³/mol. The average Bonchev–Trinajstić information content (AvgIpc) is 2.82. The maximum atomic E-state index is 11.7. The van der Waals surface area contributed by atoms with Gasteiger partial charge in [-0.1, -0.05) is 0 Å². The van der Waals surface area contributed by atoms with Gasteiger partial charge < -0.3 is 15.5 Å². The van der Waals surface area contributed by atoms with Gasteiger partial charge >= 0.3 is 0 Å². The SMILES string of the molecule is O=C(NCc1cncs1)c1ccc(O)c(O)c1. The number of benzene rings is 1. The van der Waals surface area contributed by atoms with E-state index in [-0.39, 0.29) is 17.4 Å². The summed E-state index contributed by atoms with van der Waals surface area (Å²) in [7, 11) is 0. The van der Waals surface area contributed by atoms with E-state index in [2.05, 4.69) is 10.3 Å². The van der Waals surface area contributed by atoms with E-state index in [1.165, 1.54) is 29.5 Å². The number of nitrogens with zero attached hydrogens (tertiary/aromatic N) is 1. The molecule has 2 rings (SSSR count). The van der Waals surface area contributed by atoms with Crippen molar-refractivity contribution in [2.75, 3.05) is 0 Å². The molecule has 1 aromatic heterocycles. The van der Waals surface area contributed by atoms with Crippen LogP contribution in [0.25, 0.3) is 0 Å².